The Hall–Kier alpha value is -2.19. The number of nitrogens with zero attached hydrogens (tertiary/aromatic N) is 4. The lowest BCUT2D eigenvalue weighted by atomic mass is 10.1. The summed E-state index contributed by atoms with van der Waals surface area (Å²) in [6.45, 7) is 3.31. The van der Waals surface area contributed by atoms with Crippen molar-refractivity contribution in [2.75, 3.05) is 6.61 Å². The van der Waals surface area contributed by atoms with Gasteiger partial charge in [-0.2, -0.15) is 0 Å². The van der Waals surface area contributed by atoms with Crippen LogP contribution in [-0.4, -0.2) is 48.9 Å². The normalized spacial score (nSPS) is 18.7. The quantitative estimate of drug-likeness (QED) is 0.539. The number of para-hydroxylation sites is 1. The third kappa shape index (κ3) is 3.32. The maximum Gasteiger partial charge on any atom is 0.210 e. The first kappa shape index (κ1) is 16.3. The maximum atomic E-state index is 12.9. The van der Waals surface area contributed by atoms with Gasteiger partial charge in [-0.05, 0) is 36.3 Å². The number of aromatic amines is 1. The summed E-state index contributed by atoms with van der Waals surface area (Å²) < 4.78 is 7.38. The number of benzene rings is 1. The summed E-state index contributed by atoms with van der Waals surface area (Å²) in [4.78, 5) is 16.0. The molecule has 2 aromatic heterocycles. The lowest BCUT2D eigenvalue weighted by Gasteiger charge is -2.12. The van der Waals surface area contributed by atoms with Crippen molar-refractivity contribution in [2.24, 2.45) is 0 Å². The van der Waals surface area contributed by atoms with Crippen molar-refractivity contribution in [3.63, 3.8) is 0 Å². The van der Waals surface area contributed by atoms with Gasteiger partial charge in [0.05, 0.1) is 17.9 Å². The van der Waals surface area contributed by atoms with Crippen molar-refractivity contribution in [3.05, 3.63) is 36.0 Å². The van der Waals surface area contributed by atoms with Crippen LogP contribution in [0.2, 0.25) is 0 Å². The molecule has 1 N–H and O–H groups in total. The molecule has 1 saturated heterocycles. The molecule has 0 bridgehead atoms. The number of ether oxygens (including phenoxy) is 1. The summed E-state index contributed by atoms with van der Waals surface area (Å²) in [6, 6.07) is 7.81. The molecule has 7 nitrogen and oxygen atoms in total. The zero-order valence-corrected chi connectivity index (χ0v) is 14.7. The fourth-order valence-corrected chi connectivity index (χ4v) is 3.95. The highest BCUT2D eigenvalue weighted by Crippen LogP contribution is 2.27. The van der Waals surface area contributed by atoms with E-state index in [0.717, 1.165) is 30.4 Å². The molecule has 1 aliphatic heterocycles. The van der Waals surface area contributed by atoms with Crippen LogP contribution in [0.5, 0.6) is 0 Å². The largest absolute Gasteiger partial charge is 0.376 e. The maximum absolute atomic E-state index is 12.9. The fraction of sp³-hybridized carbons (Fsp3) is 0.412. The number of carbonyl (C=O) groups excluding carboxylic acids is 1. The van der Waals surface area contributed by atoms with Gasteiger partial charge in [0.25, 0.3) is 0 Å². The van der Waals surface area contributed by atoms with Gasteiger partial charge < -0.3 is 9.72 Å². The fourth-order valence-electron chi connectivity index (χ4n) is 3.08. The van der Waals surface area contributed by atoms with Gasteiger partial charge in [-0.1, -0.05) is 30.0 Å². The van der Waals surface area contributed by atoms with Crippen molar-refractivity contribution in [1.29, 1.82) is 0 Å². The number of ketones is 1. The Labute approximate surface area is 149 Å². The molecule has 130 valence electrons. The summed E-state index contributed by atoms with van der Waals surface area (Å²) in [6.07, 6.45) is 4.03. The highest BCUT2D eigenvalue weighted by Gasteiger charge is 2.24. The molecular weight excluding hydrogens is 338 g/mol. The number of rotatable bonds is 6. The van der Waals surface area contributed by atoms with Gasteiger partial charge in [-0.15, -0.1) is 5.10 Å². The molecule has 0 radical (unpaired) electrons. The molecule has 0 saturated carbocycles. The number of hydrogen-bond donors (Lipinski definition) is 1. The molecule has 2 atom stereocenters. The number of aromatic nitrogens is 5. The summed E-state index contributed by atoms with van der Waals surface area (Å²) in [7, 11) is 0. The molecule has 0 aliphatic carbocycles. The summed E-state index contributed by atoms with van der Waals surface area (Å²) in [5.74, 6) is 0.0640. The minimum atomic E-state index is -0.284. The van der Waals surface area contributed by atoms with Crippen LogP contribution in [0.25, 0.3) is 10.9 Å². The Morgan fingerprint density at radius 3 is 3.20 bits per heavy atom. The van der Waals surface area contributed by atoms with Crippen molar-refractivity contribution < 1.29 is 9.53 Å². The minimum Gasteiger partial charge on any atom is -0.376 e. The second kappa shape index (κ2) is 6.97. The Morgan fingerprint density at radius 2 is 2.36 bits per heavy atom. The van der Waals surface area contributed by atoms with Gasteiger partial charge in [0, 0.05) is 29.3 Å². The monoisotopic (exact) mass is 357 g/mol. The molecule has 0 amide bonds. The molecule has 3 aromatic rings. The van der Waals surface area contributed by atoms with Crippen LogP contribution in [0.3, 0.4) is 0 Å². The molecule has 0 unspecified atom stereocenters. The molecule has 1 fully saturated rings. The van der Waals surface area contributed by atoms with E-state index in [1.807, 2.05) is 31.2 Å². The van der Waals surface area contributed by atoms with E-state index in [4.69, 9.17) is 4.74 Å². The van der Waals surface area contributed by atoms with E-state index in [2.05, 4.69) is 20.5 Å². The van der Waals surface area contributed by atoms with Gasteiger partial charge in [-0.25, -0.2) is 4.68 Å². The standard InChI is InChI=1S/C17H19N5O2S/c1-11(16(23)14-9-18-15-7-3-2-6-13(14)15)25-17-19-20-21-22(17)10-12-5-4-8-24-12/h2-3,6-7,9,11-12,18H,4-5,8,10H2,1H3/t11-,12-/m0/s1. The average Bonchev–Trinajstić information content (AvgIpc) is 3.36. The molecule has 1 aliphatic rings. The first-order valence-corrected chi connectivity index (χ1v) is 9.25. The van der Waals surface area contributed by atoms with Crippen LogP contribution < -0.4 is 0 Å². The Bertz CT molecular complexity index is 884. The SMILES string of the molecule is C[C@H](Sc1nnnn1C[C@@H]1CCCO1)C(=O)c1c[nH]c2ccccc12. The number of nitrogens with one attached hydrogen (secondary N) is 1. The summed E-state index contributed by atoms with van der Waals surface area (Å²) in [5, 5.41) is 13.2. The molecule has 1 aromatic carbocycles. The molecule has 0 spiro atoms. The zero-order valence-electron chi connectivity index (χ0n) is 13.9. The third-order valence-corrected chi connectivity index (χ3v) is 5.48. The highest BCUT2D eigenvalue weighted by atomic mass is 32.2. The molecule has 3 heterocycles. The van der Waals surface area contributed by atoms with Crippen LogP contribution in [0.15, 0.2) is 35.6 Å². The van der Waals surface area contributed by atoms with Gasteiger partial charge in [0.1, 0.15) is 0 Å². The van der Waals surface area contributed by atoms with E-state index in [1.54, 1.807) is 10.9 Å². The number of Topliss-reactive ketones (excluding diaryl/α,β-unsaturated/α-hetero) is 1. The Kier molecular flexibility index (Phi) is 4.54. The lowest BCUT2D eigenvalue weighted by Crippen LogP contribution is -2.19. The predicted molar refractivity (Wildman–Crippen MR) is 94.7 cm³/mol. The second-order valence-electron chi connectivity index (χ2n) is 6.15. The zero-order chi connectivity index (χ0) is 17.2. The number of thioether (sulfide) groups is 1. The van der Waals surface area contributed by atoms with E-state index < -0.39 is 0 Å². The van der Waals surface area contributed by atoms with Crippen LogP contribution in [0, 0.1) is 0 Å². The van der Waals surface area contributed by atoms with Crippen molar-refractivity contribution in [1.82, 2.24) is 25.2 Å². The Morgan fingerprint density at radius 1 is 1.48 bits per heavy atom. The van der Waals surface area contributed by atoms with Gasteiger partial charge in [0.15, 0.2) is 5.78 Å². The Balaban J connectivity index is 1.49. The topological polar surface area (TPSA) is 85.7 Å². The van der Waals surface area contributed by atoms with E-state index in [-0.39, 0.29) is 17.1 Å². The number of tetrazole rings is 1. The summed E-state index contributed by atoms with van der Waals surface area (Å²) >= 11 is 1.38. The van der Waals surface area contributed by atoms with Crippen LogP contribution >= 0.6 is 11.8 Å². The number of carbonyl (C=O) groups is 1. The summed E-state index contributed by atoms with van der Waals surface area (Å²) in [5.41, 5.74) is 1.67. The van der Waals surface area contributed by atoms with Crippen molar-refractivity contribution in [2.45, 2.75) is 42.8 Å². The van der Waals surface area contributed by atoms with E-state index in [9.17, 15) is 4.79 Å². The minimum absolute atomic E-state index is 0.0640. The molecule has 8 heteroatoms. The van der Waals surface area contributed by atoms with Gasteiger partial charge >= 0.3 is 0 Å². The number of hydrogen-bond acceptors (Lipinski definition) is 6. The second-order valence-corrected chi connectivity index (χ2v) is 7.46. The molecule has 4 rings (SSSR count). The number of fused-ring (bicyclic) bond motifs is 1. The first-order chi connectivity index (χ1) is 12.2. The predicted octanol–water partition coefficient (Wildman–Crippen LogP) is 2.70. The first-order valence-electron chi connectivity index (χ1n) is 8.37. The molecular formula is C17H19N5O2S. The van der Waals surface area contributed by atoms with Gasteiger partial charge in [-0.3, -0.25) is 4.79 Å². The van der Waals surface area contributed by atoms with Crippen LogP contribution in [-0.2, 0) is 11.3 Å². The highest BCUT2D eigenvalue weighted by molar-refractivity contribution is 8.00. The van der Waals surface area contributed by atoms with Gasteiger partial charge in [0.2, 0.25) is 5.16 Å². The van der Waals surface area contributed by atoms with Crippen molar-refractivity contribution >= 4 is 28.4 Å². The lowest BCUT2D eigenvalue weighted by molar-refractivity contribution is 0.0911. The third-order valence-electron chi connectivity index (χ3n) is 4.41. The molecule has 25 heavy (non-hydrogen) atoms. The van der Waals surface area contributed by atoms with E-state index >= 15 is 0 Å². The van der Waals surface area contributed by atoms with E-state index in [0.29, 0.717) is 17.3 Å². The van der Waals surface area contributed by atoms with Crippen LogP contribution in [0.4, 0.5) is 0 Å². The average molecular weight is 357 g/mol. The van der Waals surface area contributed by atoms with Crippen LogP contribution in [0.1, 0.15) is 30.1 Å². The van der Waals surface area contributed by atoms with E-state index in [1.165, 1.54) is 11.8 Å². The number of H-pyrrole nitrogens is 1. The van der Waals surface area contributed by atoms with Crippen molar-refractivity contribution in [3.8, 4) is 0 Å². The smallest absolute Gasteiger partial charge is 0.210 e.